The molecule has 0 saturated carbocycles. The van der Waals surface area contributed by atoms with Crippen molar-refractivity contribution in [2.75, 3.05) is 33.7 Å². The van der Waals surface area contributed by atoms with Crippen molar-refractivity contribution in [2.24, 2.45) is 5.41 Å². The van der Waals surface area contributed by atoms with E-state index in [-0.39, 0.29) is 11.3 Å². The van der Waals surface area contributed by atoms with E-state index in [0.717, 1.165) is 32.4 Å². The van der Waals surface area contributed by atoms with E-state index in [1.54, 1.807) is 19.0 Å². The number of amides is 1. The maximum atomic E-state index is 11.6. The first-order chi connectivity index (χ1) is 8.32. The quantitative estimate of drug-likeness (QED) is 0.622. The van der Waals surface area contributed by atoms with Crippen LogP contribution in [0, 0.1) is 16.7 Å². The molecule has 104 valence electrons. The van der Waals surface area contributed by atoms with Crippen LogP contribution in [0.1, 0.15) is 40.0 Å². The molecule has 0 atom stereocenters. The minimum absolute atomic E-state index is 0.147. The Kier molecular flexibility index (Phi) is 7.61. The van der Waals surface area contributed by atoms with E-state index in [0.29, 0.717) is 6.54 Å². The van der Waals surface area contributed by atoms with Gasteiger partial charge in [-0.3, -0.25) is 9.69 Å². The number of hydrogen-bond donors (Lipinski definition) is 0. The highest BCUT2D eigenvalue weighted by atomic mass is 16.2. The molecule has 0 spiro atoms. The van der Waals surface area contributed by atoms with Gasteiger partial charge in [0.15, 0.2) is 0 Å². The highest BCUT2D eigenvalue weighted by Gasteiger charge is 2.16. The van der Waals surface area contributed by atoms with Crippen molar-refractivity contribution in [3.8, 4) is 6.07 Å². The molecule has 0 N–H and O–H groups in total. The lowest BCUT2D eigenvalue weighted by Gasteiger charge is -2.22. The molecule has 0 aliphatic heterocycles. The summed E-state index contributed by atoms with van der Waals surface area (Å²) < 4.78 is 0. The largest absolute Gasteiger partial charge is 0.348 e. The van der Waals surface area contributed by atoms with Crippen LogP contribution < -0.4 is 0 Å². The maximum Gasteiger partial charge on any atom is 0.236 e. The fraction of sp³-hybridized carbons (Fsp3) is 0.857. The summed E-state index contributed by atoms with van der Waals surface area (Å²) in [4.78, 5) is 15.4. The number of nitrogens with zero attached hydrogens (tertiary/aromatic N) is 3. The van der Waals surface area contributed by atoms with Crippen molar-refractivity contribution < 1.29 is 4.79 Å². The summed E-state index contributed by atoms with van der Waals surface area (Å²) in [5, 5.41) is 8.92. The van der Waals surface area contributed by atoms with Crippen LogP contribution in [-0.2, 0) is 4.79 Å². The third-order valence-electron chi connectivity index (χ3n) is 3.13. The molecule has 0 rings (SSSR count). The lowest BCUT2D eigenvalue weighted by Crippen LogP contribution is -2.37. The van der Waals surface area contributed by atoms with Crippen molar-refractivity contribution >= 4 is 5.91 Å². The van der Waals surface area contributed by atoms with Crippen LogP contribution in [0.4, 0.5) is 0 Å². The average molecular weight is 253 g/mol. The Hall–Kier alpha value is -1.08. The normalized spacial score (nSPS) is 11.4. The second-order valence-electron chi connectivity index (χ2n) is 5.61. The first-order valence-corrected chi connectivity index (χ1v) is 6.66. The van der Waals surface area contributed by atoms with Gasteiger partial charge in [0.2, 0.25) is 5.91 Å². The summed E-state index contributed by atoms with van der Waals surface area (Å²) in [5.41, 5.74) is -0.226. The standard InChI is InChI=1S/C14H27N3O/c1-6-17(11-13(18)16(4)5)10-8-7-9-14(2,3)12-15/h6-11H2,1-5H3. The van der Waals surface area contributed by atoms with Gasteiger partial charge in [-0.1, -0.05) is 13.3 Å². The molecule has 0 aliphatic rings. The van der Waals surface area contributed by atoms with Crippen LogP contribution in [0.3, 0.4) is 0 Å². The van der Waals surface area contributed by atoms with Crippen LogP contribution in [0.15, 0.2) is 0 Å². The Morgan fingerprint density at radius 2 is 1.89 bits per heavy atom. The van der Waals surface area contributed by atoms with Gasteiger partial charge in [-0.25, -0.2) is 0 Å². The molecule has 0 bridgehead atoms. The van der Waals surface area contributed by atoms with Gasteiger partial charge < -0.3 is 4.90 Å². The van der Waals surface area contributed by atoms with E-state index in [4.69, 9.17) is 5.26 Å². The summed E-state index contributed by atoms with van der Waals surface area (Å²) in [6.45, 7) is 8.33. The third-order valence-corrected chi connectivity index (χ3v) is 3.13. The molecule has 4 heteroatoms. The van der Waals surface area contributed by atoms with Gasteiger partial charge in [-0.15, -0.1) is 0 Å². The number of likely N-dealkylation sites (N-methyl/N-ethyl adjacent to an activating group) is 2. The highest BCUT2D eigenvalue weighted by Crippen LogP contribution is 2.21. The molecule has 4 nitrogen and oxygen atoms in total. The Morgan fingerprint density at radius 3 is 2.33 bits per heavy atom. The van der Waals surface area contributed by atoms with Crippen molar-refractivity contribution in [1.82, 2.24) is 9.80 Å². The molecular weight excluding hydrogens is 226 g/mol. The van der Waals surface area contributed by atoms with Gasteiger partial charge in [-0.05, 0) is 39.8 Å². The smallest absolute Gasteiger partial charge is 0.236 e. The van der Waals surface area contributed by atoms with E-state index in [9.17, 15) is 4.79 Å². The van der Waals surface area contributed by atoms with E-state index >= 15 is 0 Å². The minimum atomic E-state index is -0.226. The predicted octanol–water partition coefficient (Wildman–Crippen LogP) is 2.12. The van der Waals surface area contributed by atoms with Crippen molar-refractivity contribution in [3.63, 3.8) is 0 Å². The van der Waals surface area contributed by atoms with Crippen LogP contribution in [0.5, 0.6) is 0 Å². The van der Waals surface area contributed by atoms with E-state index in [1.807, 2.05) is 13.8 Å². The second kappa shape index (κ2) is 8.10. The first-order valence-electron chi connectivity index (χ1n) is 6.66. The molecule has 0 aromatic heterocycles. The van der Waals surface area contributed by atoms with Crippen LogP contribution in [-0.4, -0.2) is 49.4 Å². The minimum Gasteiger partial charge on any atom is -0.348 e. The number of rotatable bonds is 8. The van der Waals surface area contributed by atoms with Crippen molar-refractivity contribution in [2.45, 2.75) is 40.0 Å². The summed E-state index contributed by atoms with van der Waals surface area (Å²) in [6.07, 6.45) is 3.00. The number of nitriles is 1. The van der Waals surface area contributed by atoms with Crippen LogP contribution in [0.2, 0.25) is 0 Å². The Bertz CT molecular complexity index is 292. The fourth-order valence-corrected chi connectivity index (χ4v) is 1.64. The van der Waals surface area contributed by atoms with E-state index < -0.39 is 0 Å². The molecule has 0 saturated heterocycles. The summed E-state index contributed by atoms with van der Waals surface area (Å²) in [6, 6.07) is 2.32. The van der Waals surface area contributed by atoms with Gasteiger partial charge >= 0.3 is 0 Å². The van der Waals surface area contributed by atoms with Gasteiger partial charge in [0.1, 0.15) is 0 Å². The predicted molar refractivity (Wildman–Crippen MR) is 74.1 cm³/mol. The van der Waals surface area contributed by atoms with Crippen LogP contribution >= 0.6 is 0 Å². The molecule has 1 amide bonds. The zero-order valence-electron chi connectivity index (χ0n) is 12.5. The number of unbranched alkanes of at least 4 members (excludes halogenated alkanes) is 1. The molecule has 0 aromatic rings. The van der Waals surface area contributed by atoms with Crippen molar-refractivity contribution in [3.05, 3.63) is 0 Å². The Labute approximate surface area is 112 Å². The summed E-state index contributed by atoms with van der Waals surface area (Å²) in [7, 11) is 3.57. The Balaban J connectivity index is 3.89. The molecule has 0 unspecified atom stereocenters. The molecule has 18 heavy (non-hydrogen) atoms. The Morgan fingerprint density at radius 1 is 1.28 bits per heavy atom. The SMILES string of the molecule is CCN(CCCCC(C)(C)C#N)CC(=O)N(C)C. The lowest BCUT2D eigenvalue weighted by atomic mass is 9.89. The molecule has 0 fully saturated rings. The number of carbonyl (C=O) groups excluding carboxylic acids is 1. The molecule has 0 radical (unpaired) electrons. The summed E-state index contributed by atoms with van der Waals surface area (Å²) in [5.74, 6) is 0.147. The van der Waals surface area contributed by atoms with Crippen LogP contribution in [0.25, 0.3) is 0 Å². The lowest BCUT2D eigenvalue weighted by molar-refractivity contribution is -0.129. The maximum absolute atomic E-state index is 11.6. The average Bonchev–Trinajstić information content (AvgIpc) is 2.32. The van der Waals surface area contributed by atoms with Crippen molar-refractivity contribution in [1.29, 1.82) is 5.26 Å². The monoisotopic (exact) mass is 253 g/mol. The molecule has 0 aliphatic carbocycles. The van der Waals surface area contributed by atoms with Gasteiger partial charge in [0.25, 0.3) is 0 Å². The number of carbonyl (C=O) groups is 1. The third kappa shape index (κ3) is 7.29. The number of hydrogen-bond acceptors (Lipinski definition) is 3. The highest BCUT2D eigenvalue weighted by molar-refractivity contribution is 5.77. The van der Waals surface area contributed by atoms with E-state index in [1.165, 1.54) is 0 Å². The first kappa shape index (κ1) is 16.9. The zero-order chi connectivity index (χ0) is 14.2. The zero-order valence-corrected chi connectivity index (χ0v) is 12.5. The molecule has 0 aromatic carbocycles. The van der Waals surface area contributed by atoms with E-state index in [2.05, 4.69) is 17.9 Å². The van der Waals surface area contributed by atoms with Gasteiger partial charge in [-0.2, -0.15) is 5.26 Å². The molecular formula is C14H27N3O. The second-order valence-corrected chi connectivity index (χ2v) is 5.61. The van der Waals surface area contributed by atoms with Gasteiger partial charge in [0.05, 0.1) is 18.0 Å². The molecule has 0 heterocycles. The van der Waals surface area contributed by atoms with Gasteiger partial charge in [0, 0.05) is 14.1 Å². The topological polar surface area (TPSA) is 47.3 Å². The summed E-state index contributed by atoms with van der Waals surface area (Å²) >= 11 is 0. The fourth-order valence-electron chi connectivity index (χ4n) is 1.64.